The zero-order chi connectivity index (χ0) is 25.6. The number of halogens is 2. The maximum Gasteiger partial charge on any atom is 0.232 e. The Hall–Kier alpha value is -1.96. The van der Waals surface area contributed by atoms with Crippen LogP contribution in [-0.2, 0) is 24.1 Å². The van der Waals surface area contributed by atoms with Crippen molar-refractivity contribution in [1.29, 1.82) is 0 Å². The van der Waals surface area contributed by atoms with Crippen molar-refractivity contribution in [1.82, 2.24) is 0 Å². The Kier molecular flexibility index (Phi) is 7.08. The number of amides is 1. The van der Waals surface area contributed by atoms with E-state index in [0.717, 1.165) is 12.8 Å². The largest absolute Gasteiger partial charge is 0.381 e. The van der Waals surface area contributed by atoms with E-state index in [1.165, 1.54) is 18.2 Å². The first-order valence-electron chi connectivity index (χ1n) is 12.1. The summed E-state index contributed by atoms with van der Waals surface area (Å²) in [6, 6.07) is 10.5. The van der Waals surface area contributed by atoms with Crippen LogP contribution in [0.2, 0.25) is 5.02 Å². The molecule has 1 heterocycles. The van der Waals surface area contributed by atoms with E-state index < -0.39 is 25.8 Å². The number of anilines is 1. The van der Waals surface area contributed by atoms with Crippen molar-refractivity contribution >= 4 is 33.0 Å². The topological polar surface area (TPSA) is 63.7 Å². The van der Waals surface area contributed by atoms with E-state index in [4.69, 9.17) is 16.3 Å². The summed E-state index contributed by atoms with van der Waals surface area (Å²) in [5, 5.41) is 0.439. The predicted octanol–water partition coefficient (Wildman–Crippen LogP) is 6.14. The quantitative estimate of drug-likeness (QED) is 0.458. The normalized spacial score (nSPS) is 19.3. The van der Waals surface area contributed by atoms with Gasteiger partial charge in [-0.1, -0.05) is 38.4 Å². The number of rotatable bonds is 6. The molecule has 1 amide bonds. The molecular formula is C27H33ClFNO4S. The Labute approximate surface area is 212 Å². The van der Waals surface area contributed by atoms with Gasteiger partial charge >= 0.3 is 0 Å². The first kappa shape index (κ1) is 26.1. The van der Waals surface area contributed by atoms with Crippen LogP contribution in [0.25, 0.3) is 0 Å². The van der Waals surface area contributed by atoms with E-state index in [1.807, 2.05) is 27.7 Å². The number of benzene rings is 2. The number of hydrogen-bond acceptors (Lipinski definition) is 4. The second-order valence-corrected chi connectivity index (χ2v) is 13.4. The third-order valence-corrected chi connectivity index (χ3v) is 10.1. The van der Waals surface area contributed by atoms with E-state index in [1.54, 1.807) is 29.2 Å². The van der Waals surface area contributed by atoms with Gasteiger partial charge in [-0.25, -0.2) is 12.8 Å². The smallest absolute Gasteiger partial charge is 0.232 e. The molecule has 0 N–H and O–H groups in total. The van der Waals surface area contributed by atoms with Crippen molar-refractivity contribution in [3.8, 4) is 0 Å². The Morgan fingerprint density at radius 3 is 2.23 bits per heavy atom. The molecule has 0 unspecified atom stereocenters. The van der Waals surface area contributed by atoms with Crippen LogP contribution in [0.5, 0.6) is 0 Å². The van der Waals surface area contributed by atoms with Crippen LogP contribution >= 0.6 is 11.6 Å². The van der Waals surface area contributed by atoms with Crippen LogP contribution in [0.3, 0.4) is 0 Å². The fourth-order valence-corrected chi connectivity index (χ4v) is 7.12. The van der Waals surface area contributed by atoms with Gasteiger partial charge in [0.2, 0.25) is 5.91 Å². The van der Waals surface area contributed by atoms with Gasteiger partial charge < -0.3 is 9.64 Å². The number of nitrogens with zero attached hydrogens (tertiary/aromatic N) is 1. The third-order valence-electron chi connectivity index (χ3n) is 7.24. The fourth-order valence-electron chi connectivity index (χ4n) is 4.90. The first-order valence-corrected chi connectivity index (χ1v) is 14.0. The Morgan fingerprint density at radius 1 is 1.11 bits per heavy atom. The highest BCUT2D eigenvalue weighted by atomic mass is 35.5. The average molecular weight is 522 g/mol. The molecule has 1 aliphatic carbocycles. The first-order chi connectivity index (χ1) is 16.4. The van der Waals surface area contributed by atoms with E-state index in [2.05, 4.69) is 0 Å². The Balaban J connectivity index is 1.80. The highest BCUT2D eigenvalue weighted by Gasteiger charge is 2.48. The number of sulfone groups is 1. The summed E-state index contributed by atoms with van der Waals surface area (Å²) in [6.45, 7) is 7.94. The maximum atomic E-state index is 15.8. The van der Waals surface area contributed by atoms with E-state index >= 15 is 4.39 Å². The standard InChI is InChI=1S/C27H33ClFNO4S/c1-18(19-5-6-19)30(25(31)26(2,3)4)24-12-7-20(17-23(24)29)27(13-15-34-16-14-27)35(32,33)22-10-8-21(28)9-11-22/h7-12,17-19H,5-6,13-16H2,1-4H3/t18-/m0/s1. The van der Waals surface area contributed by atoms with Crippen LogP contribution in [0.15, 0.2) is 47.4 Å². The second kappa shape index (κ2) is 9.49. The Bertz CT molecular complexity index is 1200. The van der Waals surface area contributed by atoms with Gasteiger partial charge in [0.25, 0.3) is 0 Å². The molecule has 0 bridgehead atoms. The number of carbonyl (C=O) groups is 1. The maximum absolute atomic E-state index is 15.8. The molecule has 0 spiro atoms. The van der Waals surface area contributed by atoms with Crippen LogP contribution < -0.4 is 4.90 Å². The molecule has 2 aliphatic rings. The zero-order valence-electron chi connectivity index (χ0n) is 20.7. The molecule has 2 fully saturated rings. The van der Waals surface area contributed by atoms with Crippen molar-refractivity contribution < 1.29 is 22.3 Å². The van der Waals surface area contributed by atoms with Gasteiger partial charge in [-0.15, -0.1) is 0 Å². The number of hydrogen-bond donors (Lipinski definition) is 0. The van der Waals surface area contributed by atoms with Crippen molar-refractivity contribution in [2.45, 2.75) is 69.1 Å². The zero-order valence-corrected chi connectivity index (χ0v) is 22.3. The summed E-state index contributed by atoms with van der Waals surface area (Å²) < 4.78 is 47.8. The van der Waals surface area contributed by atoms with Crippen LogP contribution in [0.4, 0.5) is 10.1 Å². The lowest BCUT2D eigenvalue weighted by atomic mass is 9.89. The molecule has 0 aromatic heterocycles. The molecule has 4 rings (SSSR count). The molecule has 2 aromatic rings. The molecule has 2 aromatic carbocycles. The molecule has 190 valence electrons. The lowest BCUT2D eigenvalue weighted by Crippen LogP contribution is -2.46. The van der Waals surface area contributed by atoms with E-state index in [9.17, 15) is 13.2 Å². The van der Waals surface area contributed by atoms with Gasteiger partial charge in [-0.3, -0.25) is 4.79 Å². The van der Waals surface area contributed by atoms with Gasteiger partial charge in [0.15, 0.2) is 9.84 Å². The summed E-state index contributed by atoms with van der Waals surface area (Å²) in [7, 11) is -3.89. The minimum Gasteiger partial charge on any atom is -0.381 e. The van der Waals surface area contributed by atoms with Crippen molar-refractivity contribution in [3.05, 3.63) is 58.9 Å². The van der Waals surface area contributed by atoms with Gasteiger partial charge in [0.05, 0.1) is 10.6 Å². The highest BCUT2D eigenvalue weighted by molar-refractivity contribution is 7.92. The van der Waals surface area contributed by atoms with Crippen LogP contribution in [0.1, 0.15) is 58.9 Å². The van der Waals surface area contributed by atoms with E-state index in [-0.39, 0.29) is 48.6 Å². The molecule has 1 saturated heterocycles. The van der Waals surface area contributed by atoms with Gasteiger partial charge in [-0.2, -0.15) is 0 Å². The van der Waals surface area contributed by atoms with E-state index in [0.29, 0.717) is 16.5 Å². The lowest BCUT2D eigenvalue weighted by Gasteiger charge is -2.38. The number of ether oxygens (including phenoxy) is 1. The van der Waals surface area contributed by atoms with Crippen molar-refractivity contribution in [2.24, 2.45) is 11.3 Å². The third kappa shape index (κ3) is 4.87. The summed E-state index contributed by atoms with van der Waals surface area (Å²) >= 11 is 5.98. The van der Waals surface area contributed by atoms with Crippen molar-refractivity contribution in [3.63, 3.8) is 0 Å². The monoisotopic (exact) mass is 521 g/mol. The average Bonchev–Trinajstić information content (AvgIpc) is 3.65. The number of carbonyl (C=O) groups excluding carboxylic acids is 1. The Morgan fingerprint density at radius 2 is 1.71 bits per heavy atom. The molecule has 1 saturated carbocycles. The molecule has 1 aliphatic heterocycles. The molecule has 35 heavy (non-hydrogen) atoms. The second-order valence-electron chi connectivity index (χ2n) is 10.7. The summed E-state index contributed by atoms with van der Waals surface area (Å²) in [4.78, 5) is 15.1. The van der Waals surface area contributed by atoms with Gasteiger partial charge in [0.1, 0.15) is 10.6 Å². The molecule has 5 nitrogen and oxygen atoms in total. The minimum atomic E-state index is -3.89. The van der Waals surface area contributed by atoms with Crippen LogP contribution in [0, 0.1) is 17.2 Å². The minimum absolute atomic E-state index is 0.139. The molecule has 1 atom stereocenters. The van der Waals surface area contributed by atoms with Crippen LogP contribution in [-0.4, -0.2) is 33.6 Å². The molecule has 0 radical (unpaired) electrons. The van der Waals surface area contributed by atoms with Gasteiger partial charge in [-0.05, 0) is 80.5 Å². The SMILES string of the molecule is C[C@@H](C1CC1)N(C(=O)C(C)(C)C)c1ccc(C2(S(=O)(=O)c3ccc(Cl)cc3)CCOCC2)cc1F. The van der Waals surface area contributed by atoms with Crippen molar-refractivity contribution in [2.75, 3.05) is 18.1 Å². The fraction of sp³-hybridized carbons (Fsp3) is 0.519. The summed E-state index contributed by atoms with van der Waals surface area (Å²) in [5.41, 5.74) is -0.118. The highest BCUT2D eigenvalue weighted by Crippen LogP contribution is 2.45. The summed E-state index contributed by atoms with van der Waals surface area (Å²) in [5.74, 6) is -0.407. The molecule has 8 heteroatoms. The lowest BCUT2D eigenvalue weighted by molar-refractivity contribution is -0.126. The van der Waals surface area contributed by atoms with Gasteiger partial charge in [0, 0.05) is 29.7 Å². The molecular weight excluding hydrogens is 489 g/mol. The summed E-state index contributed by atoms with van der Waals surface area (Å²) in [6.07, 6.45) is 2.44. The predicted molar refractivity (Wildman–Crippen MR) is 136 cm³/mol.